The summed E-state index contributed by atoms with van der Waals surface area (Å²) in [5.41, 5.74) is 3.29. The van der Waals surface area contributed by atoms with E-state index in [4.69, 9.17) is 15.1 Å². The summed E-state index contributed by atoms with van der Waals surface area (Å²) in [4.78, 5) is 34.0. The molecule has 4 heterocycles. The molecule has 0 aliphatic carbocycles. The summed E-state index contributed by atoms with van der Waals surface area (Å²) in [6.07, 6.45) is 5.29. The molecule has 0 atom stereocenters. The van der Waals surface area contributed by atoms with Crippen LogP contribution in [0.3, 0.4) is 0 Å². The van der Waals surface area contributed by atoms with Gasteiger partial charge in [0.25, 0.3) is 11.5 Å². The van der Waals surface area contributed by atoms with Gasteiger partial charge in [0.05, 0.1) is 17.1 Å². The SMILES string of the molecule is Cc1cccn2c(=O)c3cc(C(=O)N4CCC(Cc5ccccc5)CC4)c(=N)n(CCCOC(C)C)c3nc12. The molecule has 5 rings (SSSR count). The molecule has 1 amide bonds. The van der Waals surface area contributed by atoms with Crippen molar-refractivity contribution in [1.29, 1.82) is 5.41 Å². The minimum absolute atomic E-state index is 0.0910. The van der Waals surface area contributed by atoms with Crippen LogP contribution in [0.4, 0.5) is 0 Å². The molecule has 8 heteroatoms. The van der Waals surface area contributed by atoms with Gasteiger partial charge in [0, 0.05) is 32.4 Å². The Bertz CT molecular complexity index is 1600. The first-order valence-corrected chi connectivity index (χ1v) is 13.9. The number of nitrogens with one attached hydrogen (secondary N) is 1. The molecule has 204 valence electrons. The zero-order valence-corrected chi connectivity index (χ0v) is 23.0. The van der Waals surface area contributed by atoms with Gasteiger partial charge in [0.2, 0.25) is 0 Å². The molecule has 4 aromatic rings. The van der Waals surface area contributed by atoms with Gasteiger partial charge in [-0.25, -0.2) is 4.98 Å². The maximum absolute atomic E-state index is 13.8. The molecule has 8 nitrogen and oxygen atoms in total. The van der Waals surface area contributed by atoms with Gasteiger partial charge >= 0.3 is 0 Å². The van der Waals surface area contributed by atoms with E-state index in [-0.39, 0.29) is 28.6 Å². The molecule has 1 aromatic carbocycles. The van der Waals surface area contributed by atoms with E-state index in [0.29, 0.717) is 55.3 Å². The number of aryl methyl sites for hydroxylation is 2. The van der Waals surface area contributed by atoms with E-state index < -0.39 is 0 Å². The maximum Gasteiger partial charge on any atom is 0.267 e. The molecule has 0 bridgehead atoms. The van der Waals surface area contributed by atoms with Gasteiger partial charge in [0.15, 0.2) is 0 Å². The van der Waals surface area contributed by atoms with Crippen LogP contribution >= 0.6 is 0 Å². The Morgan fingerprint density at radius 2 is 1.85 bits per heavy atom. The van der Waals surface area contributed by atoms with Crippen LogP contribution in [0.15, 0.2) is 59.5 Å². The number of piperidine rings is 1. The van der Waals surface area contributed by atoms with Crippen LogP contribution in [0.2, 0.25) is 0 Å². The van der Waals surface area contributed by atoms with Crippen molar-refractivity contribution in [1.82, 2.24) is 18.9 Å². The largest absolute Gasteiger partial charge is 0.379 e. The van der Waals surface area contributed by atoms with Gasteiger partial charge in [-0.15, -0.1) is 0 Å². The van der Waals surface area contributed by atoms with Crippen molar-refractivity contribution < 1.29 is 9.53 Å². The minimum atomic E-state index is -0.235. The topological polar surface area (TPSA) is 92.7 Å². The number of benzene rings is 1. The molecule has 0 spiro atoms. The number of rotatable bonds is 8. The van der Waals surface area contributed by atoms with Gasteiger partial charge < -0.3 is 14.2 Å². The van der Waals surface area contributed by atoms with E-state index in [9.17, 15) is 9.59 Å². The highest BCUT2D eigenvalue weighted by Gasteiger charge is 2.26. The number of ether oxygens (including phenoxy) is 1. The summed E-state index contributed by atoms with van der Waals surface area (Å²) in [6.45, 7) is 8.11. The predicted octanol–water partition coefficient (Wildman–Crippen LogP) is 4.35. The maximum atomic E-state index is 13.8. The first kappa shape index (κ1) is 26.8. The highest BCUT2D eigenvalue weighted by Crippen LogP contribution is 2.23. The molecule has 1 saturated heterocycles. The second kappa shape index (κ2) is 11.5. The van der Waals surface area contributed by atoms with E-state index >= 15 is 0 Å². The summed E-state index contributed by atoms with van der Waals surface area (Å²) in [5.74, 6) is 0.332. The van der Waals surface area contributed by atoms with Crippen LogP contribution in [-0.2, 0) is 17.7 Å². The monoisotopic (exact) mass is 527 g/mol. The van der Waals surface area contributed by atoms with Gasteiger partial charge in [-0.05, 0) is 75.6 Å². The number of likely N-dealkylation sites (tertiary alicyclic amines) is 1. The summed E-state index contributed by atoms with van der Waals surface area (Å²) in [7, 11) is 0. The molecule has 1 N–H and O–H groups in total. The molecule has 0 saturated carbocycles. The van der Waals surface area contributed by atoms with Crippen molar-refractivity contribution in [3.8, 4) is 0 Å². The van der Waals surface area contributed by atoms with Crippen molar-refractivity contribution in [3.05, 3.63) is 87.3 Å². The molecule has 1 aliphatic rings. The molecule has 1 aliphatic heterocycles. The van der Waals surface area contributed by atoms with E-state index in [1.807, 2.05) is 43.9 Å². The summed E-state index contributed by atoms with van der Waals surface area (Å²) >= 11 is 0. The molecule has 0 radical (unpaired) electrons. The molecular weight excluding hydrogens is 490 g/mol. The van der Waals surface area contributed by atoms with Crippen molar-refractivity contribution in [2.24, 2.45) is 5.92 Å². The Morgan fingerprint density at radius 3 is 2.56 bits per heavy atom. The third kappa shape index (κ3) is 5.66. The van der Waals surface area contributed by atoms with E-state index in [1.54, 1.807) is 16.8 Å². The van der Waals surface area contributed by atoms with Gasteiger partial charge in [-0.3, -0.25) is 19.4 Å². The fourth-order valence-corrected chi connectivity index (χ4v) is 5.48. The summed E-state index contributed by atoms with van der Waals surface area (Å²) < 4.78 is 8.95. The molecule has 39 heavy (non-hydrogen) atoms. The van der Waals surface area contributed by atoms with Gasteiger partial charge in [0.1, 0.15) is 16.8 Å². The summed E-state index contributed by atoms with van der Waals surface area (Å²) in [6, 6.07) is 15.8. The Hall–Kier alpha value is -3.78. The molecule has 0 unspecified atom stereocenters. The quantitative estimate of drug-likeness (QED) is 0.272. The van der Waals surface area contributed by atoms with E-state index in [0.717, 1.165) is 24.8 Å². The van der Waals surface area contributed by atoms with Gasteiger partial charge in [-0.1, -0.05) is 36.4 Å². The average molecular weight is 528 g/mol. The molecular formula is C31H37N5O3. The van der Waals surface area contributed by atoms with Crippen molar-refractivity contribution in [3.63, 3.8) is 0 Å². The normalized spacial score (nSPS) is 14.5. The summed E-state index contributed by atoms with van der Waals surface area (Å²) in [5, 5.41) is 9.39. The second-order valence-corrected chi connectivity index (χ2v) is 10.8. The zero-order chi connectivity index (χ0) is 27.5. The number of hydrogen-bond donors (Lipinski definition) is 1. The third-order valence-corrected chi connectivity index (χ3v) is 7.61. The van der Waals surface area contributed by atoms with E-state index in [2.05, 4.69) is 24.3 Å². The lowest BCUT2D eigenvalue weighted by molar-refractivity contribution is 0.0687. The number of fused-ring (bicyclic) bond motifs is 2. The fraction of sp³-hybridized carbons (Fsp3) is 0.419. The van der Waals surface area contributed by atoms with Crippen molar-refractivity contribution >= 4 is 22.6 Å². The number of amides is 1. The molecule has 1 fully saturated rings. The van der Waals surface area contributed by atoms with Crippen LogP contribution in [-0.4, -0.2) is 50.6 Å². The van der Waals surface area contributed by atoms with Crippen LogP contribution in [0.1, 0.15) is 54.6 Å². The smallest absolute Gasteiger partial charge is 0.267 e. The number of hydrogen-bond acceptors (Lipinski definition) is 5. The Morgan fingerprint density at radius 1 is 1.10 bits per heavy atom. The fourth-order valence-electron chi connectivity index (χ4n) is 5.48. The highest BCUT2D eigenvalue weighted by atomic mass is 16.5. The number of carbonyl (C=O) groups excluding carboxylic acids is 1. The van der Waals surface area contributed by atoms with Crippen LogP contribution in [0.25, 0.3) is 16.7 Å². The highest BCUT2D eigenvalue weighted by molar-refractivity contribution is 5.97. The lowest BCUT2D eigenvalue weighted by atomic mass is 9.90. The first-order chi connectivity index (χ1) is 18.8. The second-order valence-electron chi connectivity index (χ2n) is 10.8. The Labute approximate surface area is 228 Å². The average Bonchev–Trinajstić information content (AvgIpc) is 2.93. The minimum Gasteiger partial charge on any atom is -0.379 e. The number of aromatic nitrogens is 3. The zero-order valence-electron chi connectivity index (χ0n) is 23.0. The standard InChI is InChI=1S/C31H37N5O3/c1-21(2)39-18-8-15-35-27(32)25(20-26-29(35)33-28-22(3)9-7-14-36(28)31(26)38)30(37)34-16-12-24(13-17-34)19-23-10-5-4-6-11-23/h4-7,9-11,14,20-21,24,32H,8,12-13,15-19H2,1-3H3. The lowest BCUT2D eigenvalue weighted by Crippen LogP contribution is -2.42. The Kier molecular flexibility index (Phi) is 7.93. The predicted molar refractivity (Wildman–Crippen MR) is 152 cm³/mol. The number of pyridine rings is 2. The Balaban J connectivity index is 1.47. The third-order valence-electron chi connectivity index (χ3n) is 7.61. The number of carbonyl (C=O) groups is 1. The number of nitrogens with zero attached hydrogens (tertiary/aromatic N) is 4. The van der Waals surface area contributed by atoms with Gasteiger partial charge in [-0.2, -0.15) is 0 Å². The van der Waals surface area contributed by atoms with Crippen molar-refractivity contribution in [2.45, 2.75) is 59.1 Å². The van der Waals surface area contributed by atoms with Crippen LogP contribution < -0.4 is 11.0 Å². The van der Waals surface area contributed by atoms with Crippen LogP contribution in [0, 0.1) is 18.3 Å². The lowest BCUT2D eigenvalue weighted by Gasteiger charge is -2.32. The van der Waals surface area contributed by atoms with Crippen LogP contribution in [0.5, 0.6) is 0 Å². The molecule has 3 aromatic heterocycles. The first-order valence-electron chi connectivity index (χ1n) is 13.9. The van der Waals surface area contributed by atoms with Crippen molar-refractivity contribution in [2.75, 3.05) is 19.7 Å². The van der Waals surface area contributed by atoms with E-state index in [1.165, 1.54) is 9.96 Å².